The van der Waals surface area contributed by atoms with Gasteiger partial charge < -0.3 is 10.1 Å². The summed E-state index contributed by atoms with van der Waals surface area (Å²) in [7, 11) is 0. The first-order chi connectivity index (χ1) is 8.15. The third kappa shape index (κ3) is 2.15. The summed E-state index contributed by atoms with van der Waals surface area (Å²) in [6, 6.07) is 6.37. The fourth-order valence-electron chi connectivity index (χ4n) is 2.11. The standard InChI is InChI=1S/C13H16N2OS/c1-9-3-4-10-11(7-9)17-12(14-10)15-13(2)5-6-16-8-13/h3-4,7H,5-6,8H2,1-2H3,(H,14,15). The van der Waals surface area contributed by atoms with Crippen molar-refractivity contribution in [2.45, 2.75) is 25.8 Å². The van der Waals surface area contributed by atoms with Gasteiger partial charge in [0, 0.05) is 6.61 Å². The van der Waals surface area contributed by atoms with Crippen LogP contribution in [0.5, 0.6) is 0 Å². The molecule has 3 rings (SSSR count). The Kier molecular flexibility index (Phi) is 2.56. The summed E-state index contributed by atoms with van der Waals surface area (Å²) < 4.78 is 6.69. The lowest BCUT2D eigenvalue weighted by Crippen LogP contribution is -2.34. The van der Waals surface area contributed by atoms with Gasteiger partial charge in [0.2, 0.25) is 0 Å². The zero-order valence-corrected chi connectivity index (χ0v) is 10.9. The van der Waals surface area contributed by atoms with Crippen LogP contribution in [0, 0.1) is 6.92 Å². The van der Waals surface area contributed by atoms with Gasteiger partial charge in [0.25, 0.3) is 0 Å². The van der Waals surface area contributed by atoms with Crippen LogP contribution in [0.2, 0.25) is 0 Å². The van der Waals surface area contributed by atoms with Crippen molar-refractivity contribution in [1.29, 1.82) is 0 Å². The SMILES string of the molecule is Cc1ccc2nc(NC3(C)CCOC3)sc2c1. The van der Waals surface area contributed by atoms with Crippen molar-refractivity contribution in [1.82, 2.24) is 4.98 Å². The molecule has 0 saturated carbocycles. The van der Waals surface area contributed by atoms with E-state index in [2.05, 4.69) is 42.3 Å². The fraction of sp³-hybridized carbons (Fsp3) is 0.462. The summed E-state index contributed by atoms with van der Waals surface area (Å²) in [5.41, 5.74) is 2.40. The van der Waals surface area contributed by atoms with Gasteiger partial charge in [-0.3, -0.25) is 0 Å². The maximum atomic E-state index is 5.44. The highest BCUT2D eigenvalue weighted by Crippen LogP contribution is 2.30. The topological polar surface area (TPSA) is 34.2 Å². The normalized spacial score (nSPS) is 24.4. The maximum absolute atomic E-state index is 5.44. The minimum Gasteiger partial charge on any atom is -0.379 e. The van der Waals surface area contributed by atoms with E-state index in [1.807, 2.05) is 0 Å². The molecular weight excluding hydrogens is 232 g/mol. The second kappa shape index (κ2) is 3.96. The highest BCUT2D eigenvalue weighted by molar-refractivity contribution is 7.22. The van der Waals surface area contributed by atoms with E-state index >= 15 is 0 Å². The van der Waals surface area contributed by atoms with E-state index in [0.717, 1.165) is 30.3 Å². The molecule has 1 unspecified atom stereocenters. The molecule has 1 aliphatic heterocycles. The van der Waals surface area contributed by atoms with Gasteiger partial charge in [-0.05, 0) is 38.0 Å². The highest BCUT2D eigenvalue weighted by Gasteiger charge is 2.30. The van der Waals surface area contributed by atoms with Crippen LogP contribution in [0.25, 0.3) is 10.2 Å². The van der Waals surface area contributed by atoms with Crippen LogP contribution in [0.4, 0.5) is 5.13 Å². The van der Waals surface area contributed by atoms with Gasteiger partial charge in [0.1, 0.15) is 0 Å². The number of benzene rings is 1. The van der Waals surface area contributed by atoms with Crippen LogP contribution in [-0.4, -0.2) is 23.7 Å². The van der Waals surface area contributed by atoms with Crippen molar-refractivity contribution in [3.63, 3.8) is 0 Å². The Balaban J connectivity index is 1.90. The molecule has 0 bridgehead atoms. The fourth-order valence-corrected chi connectivity index (χ4v) is 3.22. The molecule has 1 aromatic heterocycles. The smallest absolute Gasteiger partial charge is 0.184 e. The molecule has 1 saturated heterocycles. The van der Waals surface area contributed by atoms with Crippen LogP contribution >= 0.6 is 11.3 Å². The first-order valence-corrected chi connectivity index (χ1v) is 6.69. The molecule has 0 spiro atoms. The molecule has 0 aliphatic carbocycles. The van der Waals surface area contributed by atoms with Crippen LogP contribution in [0.1, 0.15) is 18.9 Å². The van der Waals surface area contributed by atoms with Crippen LogP contribution in [0.3, 0.4) is 0 Å². The van der Waals surface area contributed by atoms with Crippen LogP contribution < -0.4 is 5.32 Å². The molecule has 4 heteroatoms. The molecule has 2 heterocycles. The summed E-state index contributed by atoms with van der Waals surface area (Å²) in [5.74, 6) is 0. The van der Waals surface area contributed by atoms with Gasteiger partial charge in [0.05, 0.1) is 22.4 Å². The molecule has 0 radical (unpaired) electrons. The number of ether oxygens (including phenoxy) is 1. The monoisotopic (exact) mass is 248 g/mol. The molecule has 1 atom stereocenters. The molecule has 1 aliphatic rings. The van der Waals surface area contributed by atoms with Gasteiger partial charge >= 0.3 is 0 Å². The van der Waals surface area contributed by atoms with Gasteiger partial charge in [-0.25, -0.2) is 4.98 Å². The molecular formula is C13H16N2OS. The Hall–Kier alpha value is -1.13. The van der Waals surface area contributed by atoms with Crippen LogP contribution in [-0.2, 0) is 4.74 Å². The lowest BCUT2D eigenvalue weighted by Gasteiger charge is -2.22. The van der Waals surface area contributed by atoms with E-state index in [4.69, 9.17) is 4.74 Å². The van der Waals surface area contributed by atoms with Crippen LogP contribution in [0.15, 0.2) is 18.2 Å². The number of aryl methyl sites for hydroxylation is 1. The number of aromatic nitrogens is 1. The third-order valence-electron chi connectivity index (χ3n) is 3.17. The van der Waals surface area contributed by atoms with Gasteiger partial charge in [-0.1, -0.05) is 17.4 Å². The predicted octanol–water partition coefficient (Wildman–Crippen LogP) is 3.20. The third-order valence-corrected chi connectivity index (χ3v) is 4.11. The molecule has 0 amide bonds. The molecule has 90 valence electrons. The lowest BCUT2D eigenvalue weighted by molar-refractivity contribution is 0.185. The first kappa shape index (κ1) is 11.0. The number of rotatable bonds is 2. The average Bonchev–Trinajstić information content (AvgIpc) is 2.84. The quantitative estimate of drug-likeness (QED) is 0.886. The van der Waals surface area contributed by atoms with E-state index in [-0.39, 0.29) is 5.54 Å². The molecule has 1 aromatic carbocycles. The summed E-state index contributed by atoms with van der Waals surface area (Å²) in [5, 5.41) is 4.51. The molecule has 1 N–H and O–H groups in total. The maximum Gasteiger partial charge on any atom is 0.184 e. The second-order valence-corrected chi connectivity index (χ2v) is 6.01. The first-order valence-electron chi connectivity index (χ1n) is 5.88. The summed E-state index contributed by atoms with van der Waals surface area (Å²) in [6.45, 7) is 5.91. The Morgan fingerprint density at radius 3 is 3.12 bits per heavy atom. The molecule has 17 heavy (non-hydrogen) atoms. The number of hydrogen-bond acceptors (Lipinski definition) is 4. The van der Waals surface area contributed by atoms with Crippen molar-refractivity contribution in [3.05, 3.63) is 23.8 Å². The average molecular weight is 248 g/mol. The summed E-state index contributed by atoms with van der Waals surface area (Å²) in [6.07, 6.45) is 1.04. The lowest BCUT2D eigenvalue weighted by atomic mass is 10.0. The number of nitrogens with one attached hydrogen (secondary N) is 1. The number of anilines is 1. The number of nitrogens with zero attached hydrogens (tertiary/aromatic N) is 1. The Labute approximate surface area is 105 Å². The zero-order chi connectivity index (χ0) is 11.9. The van der Waals surface area contributed by atoms with Crippen molar-refractivity contribution in [2.24, 2.45) is 0 Å². The molecule has 2 aromatic rings. The minimum atomic E-state index is 0.0446. The summed E-state index contributed by atoms with van der Waals surface area (Å²) in [4.78, 5) is 4.61. The zero-order valence-electron chi connectivity index (χ0n) is 10.1. The number of hydrogen-bond donors (Lipinski definition) is 1. The minimum absolute atomic E-state index is 0.0446. The van der Waals surface area contributed by atoms with Gasteiger partial charge in [-0.15, -0.1) is 0 Å². The Bertz CT molecular complexity index is 543. The summed E-state index contributed by atoms with van der Waals surface area (Å²) >= 11 is 1.72. The van der Waals surface area contributed by atoms with Gasteiger partial charge in [-0.2, -0.15) is 0 Å². The number of fused-ring (bicyclic) bond motifs is 1. The second-order valence-electron chi connectivity index (χ2n) is 4.98. The number of thiazole rings is 1. The van der Waals surface area contributed by atoms with E-state index in [9.17, 15) is 0 Å². The molecule has 3 nitrogen and oxygen atoms in total. The van der Waals surface area contributed by atoms with E-state index < -0.39 is 0 Å². The predicted molar refractivity (Wildman–Crippen MR) is 71.8 cm³/mol. The van der Waals surface area contributed by atoms with Gasteiger partial charge in [0.15, 0.2) is 5.13 Å². The Morgan fingerprint density at radius 2 is 2.35 bits per heavy atom. The largest absolute Gasteiger partial charge is 0.379 e. The molecule has 1 fully saturated rings. The van der Waals surface area contributed by atoms with Crippen molar-refractivity contribution in [2.75, 3.05) is 18.5 Å². The van der Waals surface area contributed by atoms with E-state index in [1.165, 1.54) is 10.3 Å². The van der Waals surface area contributed by atoms with Crippen molar-refractivity contribution < 1.29 is 4.74 Å². The van der Waals surface area contributed by atoms with Crippen molar-refractivity contribution >= 4 is 26.7 Å². The van der Waals surface area contributed by atoms with Crippen molar-refractivity contribution in [3.8, 4) is 0 Å². The highest BCUT2D eigenvalue weighted by atomic mass is 32.1. The van der Waals surface area contributed by atoms with E-state index in [0.29, 0.717) is 0 Å². The van der Waals surface area contributed by atoms with E-state index in [1.54, 1.807) is 11.3 Å². The Morgan fingerprint density at radius 1 is 1.47 bits per heavy atom.